The molecule has 7 heteroatoms. The minimum absolute atomic E-state index is 0.430. The lowest BCUT2D eigenvalue weighted by Crippen LogP contribution is -2.48. The third-order valence-corrected chi connectivity index (χ3v) is 3.11. The summed E-state index contributed by atoms with van der Waals surface area (Å²) in [5.41, 5.74) is 6.81. The molecule has 1 aromatic rings. The molecule has 1 unspecified atom stereocenters. The smallest absolute Gasteiger partial charge is 0.326 e. The van der Waals surface area contributed by atoms with Gasteiger partial charge in [0.25, 0.3) is 0 Å². The number of carboxylic acid groups (broad SMARTS) is 1. The van der Waals surface area contributed by atoms with Gasteiger partial charge in [0, 0.05) is 12.1 Å². The number of fused-ring (bicyclic) bond motifs is 1. The highest BCUT2D eigenvalue weighted by atomic mass is 16.4. The molecule has 1 heterocycles. The topological polar surface area (TPSA) is 122 Å². The van der Waals surface area contributed by atoms with E-state index in [9.17, 15) is 14.4 Å². The Morgan fingerprint density at radius 2 is 2.10 bits per heavy atom. The molecular weight excluding hydrogens is 262 g/mol. The fourth-order valence-electron chi connectivity index (χ4n) is 2.13. The van der Waals surface area contributed by atoms with Crippen molar-refractivity contribution in [3.8, 4) is 0 Å². The number of nitrogens with one attached hydrogen (secondary N) is 2. The molecule has 0 aromatic heterocycles. The van der Waals surface area contributed by atoms with E-state index < -0.39 is 36.3 Å². The molecule has 1 aliphatic heterocycles. The number of anilines is 1. The van der Waals surface area contributed by atoms with Crippen molar-refractivity contribution in [1.82, 2.24) is 5.32 Å². The quantitative estimate of drug-likeness (QED) is 0.576. The first-order valence-electron chi connectivity index (χ1n) is 6.13. The molecule has 0 spiro atoms. The molecule has 0 radical (unpaired) electrons. The second-order valence-corrected chi connectivity index (χ2v) is 4.63. The average molecular weight is 277 g/mol. The highest BCUT2D eigenvalue weighted by Crippen LogP contribution is 2.25. The summed E-state index contributed by atoms with van der Waals surface area (Å²) in [6.45, 7) is 0. The molecule has 0 aliphatic carbocycles. The molecular formula is C13H15N3O4. The van der Waals surface area contributed by atoms with E-state index in [0.717, 1.165) is 11.3 Å². The molecule has 1 aliphatic rings. The highest BCUT2D eigenvalue weighted by molar-refractivity contribution is 5.92. The van der Waals surface area contributed by atoms with Crippen molar-refractivity contribution in [1.29, 1.82) is 0 Å². The molecule has 0 fully saturated rings. The van der Waals surface area contributed by atoms with Crippen LogP contribution in [0.3, 0.4) is 0 Å². The van der Waals surface area contributed by atoms with Crippen LogP contribution in [0.2, 0.25) is 0 Å². The number of carbonyl (C=O) groups excluding carboxylic acids is 2. The SMILES string of the molecule is NC(=O)CC(NC(=O)[C@@H]1Cc2ccccc2N1)C(=O)O. The van der Waals surface area contributed by atoms with Crippen LogP contribution in [0.5, 0.6) is 0 Å². The van der Waals surface area contributed by atoms with E-state index in [0.29, 0.717) is 6.42 Å². The van der Waals surface area contributed by atoms with Gasteiger partial charge in [0.2, 0.25) is 11.8 Å². The second kappa shape index (κ2) is 5.60. The van der Waals surface area contributed by atoms with Gasteiger partial charge in [-0.2, -0.15) is 0 Å². The first-order chi connectivity index (χ1) is 9.47. The van der Waals surface area contributed by atoms with Crippen LogP contribution in [0.1, 0.15) is 12.0 Å². The Morgan fingerprint density at radius 3 is 2.70 bits per heavy atom. The summed E-state index contributed by atoms with van der Waals surface area (Å²) >= 11 is 0. The zero-order valence-electron chi connectivity index (χ0n) is 10.6. The second-order valence-electron chi connectivity index (χ2n) is 4.63. The van der Waals surface area contributed by atoms with E-state index in [-0.39, 0.29) is 0 Å². The van der Waals surface area contributed by atoms with Crippen LogP contribution in [0.15, 0.2) is 24.3 Å². The van der Waals surface area contributed by atoms with E-state index in [4.69, 9.17) is 10.8 Å². The fraction of sp³-hybridized carbons (Fsp3) is 0.308. The van der Waals surface area contributed by atoms with E-state index in [1.807, 2.05) is 24.3 Å². The standard InChI is InChI=1S/C13H15N3O4/c14-11(17)6-10(13(19)20)16-12(18)9-5-7-3-1-2-4-8(7)15-9/h1-4,9-10,15H,5-6H2,(H2,14,17)(H,16,18)(H,19,20)/t9-,10?/m0/s1. The van der Waals surface area contributed by atoms with Crippen molar-refractivity contribution < 1.29 is 19.5 Å². The number of amides is 2. The van der Waals surface area contributed by atoms with Crippen LogP contribution in [0.25, 0.3) is 0 Å². The van der Waals surface area contributed by atoms with Crippen molar-refractivity contribution in [2.24, 2.45) is 5.73 Å². The molecule has 5 N–H and O–H groups in total. The number of hydrogen-bond donors (Lipinski definition) is 4. The molecule has 1 aromatic carbocycles. The lowest BCUT2D eigenvalue weighted by molar-refractivity contribution is -0.143. The van der Waals surface area contributed by atoms with Gasteiger partial charge in [-0.15, -0.1) is 0 Å². The van der Waals surface area contributed by atoms with Gasteiger partial charge in [-0.3, -0.25) is 9.59 Å². The van der Waals surface area contributed by atoms with Gasteiger partial charge >= 0.3 is 5.97 Å². The van der Waals surface area contributed by atoms with Gasteiger partial charge in [0.1, 0.15) is 12.1 Å². The van der Waals surface area contributed by atoms with Crippen LogP contribution < -0.4 is 16.4 Å². The number of para-hydroxylation sites is 1. The molecule has 0 saturated carbocycles. The number of hydrogen-bond acceptors (Lipinski definition) is 4. The van der Waals surface area contributed by atoms with E-state index in [2.05, 4.69) is 10.6 Å². The van der Waals surface area contributed by atoms with Crippen LogP contribution in [0.4, 0.5) is 5.69 Å². The Morgan fingerprint density at radius 1 is 1.40 bits per heavy atom. The molecule has 7 nitrogen and oxygen atoms in total. The van der Waals surface area contributed by atoms with Gasteiger partial charge in [0.15, 0.2) is 0 Å². The van der Waals surface area contributed by atoms with Gasteiger partial charge in [-0.05, 0) is 11.6 Å². The maximum atomic E-state index is 12.0. The number of aliphatic carboxylic acids is 1. The fourth-order valence-corrected chi connectivity index (χ4v) is 2.13. The molecule has 2 rings (SSSR count). The first-order valence-corrected chi connectivity index (χ1v) is 6.13. The Balaban J connectivity index is 1.99. The molecule has 2 atom stereocenters. The lowest BCUT2D eigenvalue weighted by Gasteiger charge is -2.16. The molecule has 20 heavy (non-hydrogen) atoms. The van der Waals surface area contributed by atoms with Crippen LogP contribution in [-0.2, 0) is 20.8 Å². The van der Waals surface area contributed by atoms with Crippen LogP contribution >= 0.6 is 0 Å². The summed E-state index contributed by atoms with van der Waals surface area (Å²) < 4.78 is 0. The van der Waals surface area contributed by atoms with E-state index in [1.165, 1.54) is 0 Å². The first kappa shape index (κ1) is 13.9. The molecule has 0 saturated heterocycles. The number of carbonyl (C=O) groups is 3. The predicted molar refractivity (Wildman–Crippen MR) is 70.9 cm³/mol. The Kier molecular flexibility index (Phi) is 3.88. The van der Waals surface area contributed by atoms with E-state index >= 15 is 0 Å². The predicted octanol–water partition coefficient (Wildman–Crippen LogP) is -0.532. The minimum atomic E-state index is -1.30. The number of nitrogens with two attached hydrogens (primary N) is 1. The maximum Gasteiger partial charge on any atom is 0.326 e. The van der Waals surface area contributed by atoms with Crippen LogP contribution in [0, 0.1) is 0 Å². The highest BCUT2D eigenvalue weighted by Gasteiger charge is 2.30. The third kappa shape index (κ3) is 3.05. The minimum Gasteiger partial charge on any atom is -0.480 e. The Bertz CT molecular complexity index is 533. The Hall–Kier alpha value is -2.57. The number of primary amides is 1. The van der Waals surface area contributed by atoms with Crippen LogP contribution in [-0.4, -0.2) is 35.0 Å². The molecule has 0 bridgehead atoms. The van der Waals surface area contributed by atoms with Gasteiger partial charge in [0.05, 0.1) is 6.42 Å². The normalized spacial score (nSPS) is 17.7. The largest absolute Gasteiger partial charge is 0.480 e. The van der Waals surface area contributed by atoms with Gasteiger partial charge < -0.3 is 21.5 Å². The van der Waals surface area contributed by atoms with Crippen molar-refractivity contribution in [2.75, 3.05) is 5.32 Å². The van der Waals surface area contributed by atoms with E-state index in [1.54, 1.807) is 0 Å². The van der Waals surface area contributed by atoms with Gasteiger partial charge in [-0.25, -0.2) is 4.79 Å². The zero-order valence-corrected chi connectivity index (χ0v) is 10.6. The number of benzene rings is 1. The summed E-state index contributed by atoms with van der Waals surface area (Å²) in [4.78, 5) is 33.8. The summed E-state index contributed by atoms with van der Waals surface area (Å²) in [5, 5.41) is 14.3. The number of carboxylic acids is 1. The Labute approximate surface area is 115 Å². The van der Waals surface area contributed by atoms with Crippen molar-refractivity contribution >= 4 is 23.5 Å². The molecule has 106 valence electrons. The maximum absolute atomic E-state index is 12.0. The van der Waals surface area contributed by atoms with Gasteiger partial charge in [-0.1, -0.05) is 18.2 Å². The van der Waals surface area contributed by atoms with Crippen molar-refractivity contribution in [2.45, 2.75) is 24.9 Å². The average Bonchev–Trinajstić information content (AvgIpc) is 2.81. The summed E-state index contributed by atoms with van der Waals surface area (Å²) in [6.07, 6.45) is 0.0473. The summed E-state index contributed by atoms with van der Waals surface area (Å²) in [5.74, 6) is -2.53. The van der Waals surface area contributed by atoms with Crippen molar-refractivity contribution in [3.63, 3.8) is 0 Å². The monoisotopic (exact) mass is 277 g/mol. The lowest BCUT2D eigenvalue weighted by atomic mass is 10.1. The third-order valence-electron chi connectivity index (χ3n) is 3.11. The zero-order chi connectivity index (χ0) is 14.7. The molecule has 2 amide bonds. The number of rotatable bonds is 5. The van der Waals surface area contributed by atoms with Crippen molar-refractivity contribution in [3.05, 3.63) is 29.8 Å². The summed E-state index contributed by atoms with van der Waals surface area (Å²) in [7, 11) is 0. The summed E-state index contributed by atoms with van der Waals surface area (Å²) in [6, 6.07) is 5.62.